The number of halogens is 1. The number of methoxy groups -OCH3 is 1. The van der Waals surface area contributed by atoms with E-state index in [0.717, 1.165) is 0 Å². The van der Waals surface area contributed by atoms with Gasteiger partial charge in [-0.15, -0.1) is 0 Å². The smallest absolute Gasteiger partial charge is 0.195 e. The average molecular weight is 346 g/mol. The lowest BCUT2D eigenvalue weighted by molar-refractivity contribution is -0.116. The highest BCUT2D eigenvalue weighted by Crippen LogP contribution is 2.18. The van der Waals surface area contributed by atoms with Gasteiger partial charge >= 0.3 is 0 Å². The zero-order valence-corrected chi connectivity index (χ0v) is 15.0. The van der Waals surface area contributed by atoms with E-state index < -0.39 is 5.82 Å². The molecule has 1 aromatic rings. The molecule has 0 unspecified atom stereocenters. The van der Waals surface area contributed by atoms with Crippen LogP contribution in [-0.4, -0.2) is 31.5 Å². The van der Waals surface area contributed by atoms with Crippen molar-refractivity contribution in [3.63, 3.8) is 0 Å². The van der Waals surface area contributed by atoms with Crippen LogP contribution in [0.2, 0.25) is 0 Å². The number of carbonyl (C=O) groups is 1. The van der Waals surface area contributed by atoms with E-state index in [2.05, 4.69) is 11.6 Å². The first-order chi connectivity index (χ1) is 11.9. The maximum Gasteiger partial charge on any atom is 0.195 e. The first kappa shape index (κ1) is 20.2. The number of allylic oxidation sites excluding steroid dienone is 4. The van der Waals surface area contributed by atoms with Crippen LogP contribution in [0, 0.1) is 12.7 Å². The highest BCUT2D eigenvalue weighted by Gasteiger charge is 2.12. The largest absolute Gasteiger partial charge is 0.497 e. The van der Waals surface area contributed by atoms with Gasteiger partial charge in [-0.3, -0.25) is 4.79 Å². The molecule has 6 heteroatoms. The number of carbonyl (C=O) groups excluding carboxylic acids is 1. The predicted octanol–water partition coefficient (Wildman–Crippen LogP) is 3.68. The second-order valence-electron chi connectivity index (χ2n) is 5.14. The molecule has 0 aliphatic rings. The van der Waals surface area contributed by atoms with Gasteiger partial charge < -0.3 is 14.4 Å². The maximum absolute atomic E-state index is 14.1. The number of aryl methyl sites for hydroxylation is 1. The molecule has 0 aliphatic carbocycles. The molecule has 0 aliphatic heterocycles. The molecule has 0 aromatic carbocycles. The summed E-state index contributed by atoms with van der Waals surface area (Å²) >= 11 is 0. The van der Waals surface area contributed by atoms with Gasteiger partial charge in [0, 0.05) is 20.2 Å². The van der Waals surface area contributed by atoms with E-state index in [9.17, 15) is 9.18 Å². The summed E-state index contributed by atoms with van der Waals surface area (Å²) in [5, 5.41) is 0. The molecule has 0 saturated carbocycles. The summed E-state index contributed by atoms with van der Waals surface area (Å²) in [6.07, 6.45) is 9.65. The topological polar surface area (TPSA) is 51.7 Å². The molecule has 0 N–H and O–H groups in total. The van der Waals surface area contributed by atoms with Gasteiger partial charge in [-0.2, -0.15) is 0 Å². The summed E-state index contributed by atoms with van der Waals surface area (Å²) in [5.74, 6) is 0.128. The van der Waals surface area contributed by atoms with E-state index in [1.54, 1.807) is 51.5 Å². The lowest BCUT2D eigenvalue weighted by Crippen LogP contribution is -2.16. The van der Waals surface area contributed by atoms with Gasteiger partial charge in [-0.1, -0.05) is 12.7 Å². The van der Waals surface area contributed by atoms with Gasteiger partial charge in [0.2, 0.25) is 0 Å². The van der Waals surface area contributed by atoms with Crippen LogP contribution < -0.4 is 4.90 Å². The molecule has 5 nitrogen and oxygen atoms in total. The van der Waals surface area contributed by atoms with Crippen LogP contribution in [0.1, 0.15) is 12.5 Å². The lowest BCUT2D eigenvalue weighted by Gasteiger charge is -2.16. The molecular formula is C19H23FN2O3. The first-order valence-electron chi connectivity index (χ1n) is 7.63. The number of nitrogens with zero attached hydrogens (tertiary/aromatic N) is 2. The fraction of sp³-hybridized carbons (Fsp3) is 0.263. The van der Waals surface area contributed by atoms with E-state index in [1.165, 1.54) is 24.2 Å². The summed E-state index contributed by atoms with van der Waals surface area (Å²) in [5.41, 5.74) is 0.474. The van der Waals surface area contributed by atoms with E-state index in [4.69, 9.17) is 9.47 Å². The normalized spacial score (nSPS) is 12.2. The number of anilines is 1. The predicted molar refractivity (Wildman–Crippen MR) is 96.5 cm³/mol. The zero-order chi connectivity index (χ0) is 18.8. The van der Waals surface area contributed by atoms with Gasteiger partial charge in [-0.05, 0) is 36.8 Å². The van der Waals surface area contributed by atoms with Crippen LogP contribution in [0.15, 0.2) is 60.9 Å². The Balaban J connectivity index is 2.82. The second-order valence-corrected chi connectivity index (χ2v) is 5.14. The third-order valence-corrected chi connectivity index (χ3v) is 3.22. The van der Waals surface area contributed by atoms with Crippen LogP contribution in [-0.2, 0) is 14.3 Å². The van der Waals surface area contributed by atoms with Crippen molar-refractivity contribution in [1.82, 2.24) is 4.98 Å². The average Bonchev–Trinajstić information content (AvgIpc) is 2.59. The summed E-state index contributed by atoms with van der Waals surface area (Å²) < 4.78 is 24.6. The fourth-order valence-corrected chi connectivity index (χ4v) is 1.81. The Morgan fingerprint density at radius 3 is 2.80 bits per heavy atom. The minimum absolute atomic E-state index is 0.106. The molecule has 25 heavy (non-hydrogen) atoms. The van der Waals surface area contributed by atoms with Gasteiger partial charge in [0.05, 0.1) is 13.3 Å². The van der Waals surface area contributed by atoms with Crippen LogP contribution in [0.5, 0.6) is 0 Å². The van der Waals surface area contributed by atoms with Crippen LogP contribution >= 0.6 is 0 Å². The molecule has 0 radical (unpaired) electrons. The zero-order valence-electron chi connectivity index (χ0n) is 15.0. The van der Waals surface area contributed by atoms with E-state index >= 15 is 0 Å². The van der Waals surface area contributed by atoms with Crippen LogP contribution in [0.25, 0.3) is 0 Å². The summed E-state index contributed by atoms with van der Waals surface area (Å²) in [7, 11) is 3.15. The third kappa shape index (κ3) is 6.25. The molecule has 0 amide bonds. The van der Waals surface area contributed by atoms with Gasteiger partial charge in [0.1, 0.15) is 12.4 Å². The fourth-order valence-electron chi connectivity index (χ4n) is 1.81. The van der Waals surface area contributed by atoms with E-state index in [0.29, 0.717) is 11.3 Å². The number of hydrogen-bond donors (Lipinski definition) is 0. The molecule has 0 saturated heterocycles. The van der Waals surface area contributed by atoms with Crippen molar-refractivity contribution in [2.45, 2.75) is 13.8 Å². The van der Waals surface area contributed by atoms with Crippen molar-refractivity contribution in [3.8, 4) is 0 Å². The monoisotopic (exact) mass is 346 g/mol. The van der Waals surface area contributed by atoms with Crippen LogP contribution in [0.3, 0.4) is 0 Å². The van der Waals surface area contributed by atoms with Crippen LogP contribution in [0.4, 0.5) is 10.2 Å². The Kier molecular flexibility index (Phi) is 8.12. The standard InChI is InChI=1S/C19H23FN2O3/c1-6-16(24-5)9-7-8-12-25-17(15(3)23)13-22(4)19-18(20)14(2)10-11-21-19/h6-11,13H,1,12H2,2-5H3/b8-7+,16-9+,17-13+. The molecule has 0 spiro atoms. The number of ether oxygens (including phenoxy) is 2. The van der Waals surface area contributed by atoms with Gasteiger partial charge in [-0.25, -0.2) is 9.37 Å². The minimum atomic E-state index is -0.439. The number of Topliss-reactive ketones (excluding diaryl/α,β-unsaturated/α-hetero) is 1. The van der Waals surface area contributed by atoms with Crippen molar-refractivity contribution in [3.05, 3.63) is 72.2 Å². The Bertz CT molecular complexity index is 709. The number of ketones is 1. The molecule has 134 valence electrons. The summed E-state index contributed by atoms with van der Waals surface area (Å²) in [4.78, 5) is 17.1. The number of aromatic nitrogens is 1. The van der Waals surface area contributed by atoms with Crippen molar-refractivity contribution >= 4 is 11.6 Å². The SMILES string of the molecule is C=C/C(=C\C=C\CO/C(=C/N(C)c1nccc(C)c1F)C(C)=O)OC. The highest BCUT2D eigenvalue weighted by molar-refractivity contribution is 5.91. The Labute approximate surface area is 147 Å². The Morgan fingerprint density at radius 2 is 2.20 bits per heavy atom. The lowest BCUT2D eigenvalue weighted by atomic mass is 10.2. The second kappa shape index (κ2) is 10.1. The Morgan fingerprint density at radius 1 is 1.48 bits per heavy atom. The molecule has 0 fully saturated rings. The van der Waals surface area contributed by atoms with E-state index in [1.807, 2.05) is 0 Å². The Hall–Kier alpha value is -2.89. The number of pyridine rings is 1. The minimum Gasteiger partial charge on any atom is -0.497 e. The summed E-state index contributed by atoms with van der Waals surface area (Å²) in [6.45, 7) is 6.80. The molecule has 0 bridgehead atoms. The highest BCUT2D eigenvalue weighted by atomic mass is 19.1. The van der Waals surface area contributed by atoms with Crippen molar-refractivity contribution < 1.29 is 18.7 Å². The molecular weight excluding hydrogens is 323 g/mol. The molecule has 0 atom stereocenters. The molecule has 1 aromatic heterocycles. The number of hydrogen-bond acceptors (Lipinski definition) is 5. The maximum atomic E-state index is 14.1. The molecule has 1 rings (SSSR count). The third-order valence-electron chi connectivity index (χ3n) is 3.22. The molecule has 1 heterocycles. The summed E-state index contributed by atoms with van der Waals surface area (Å²) in [6, 6.07) is 1.58. The quantitative estimate of drug-likeness (QED) is 0.388. The number of rotatable bonds is 9. The van der Waals surface area contributed by atoms with Gasteiger partial charge in [0.25, 0.3) is 0 Å². The van der Waals surface area contributed by atoms with Gasteiger partial charge in [0.15, 0.2) is 23.2 Å². The van der Waals surface area contributed by atoms with Crippen molar-refractivity contribution in [2.75, 3.05) is 25.7 Å². The van der Waals surface area contributed by atoms with E-state index in [-0.39, 0.29) is 24.0 Å². The van der Waals surface area contributed by atoms with Crippen molar-refractivity contribution in [1.29, 1.82) is 0 Å². The van der Waals surface area contributed by atoms with Crippen molar-refractivity contribution in [2.24, 2.45) is 0 Å². The first-order valence-corrected chi connectivity index (χ1v) is 7.63.